The maximum atomic E-state index is 14.3. The Morgan fingerprint density at radius 2 is 1.79 bits per heavy atom. The molecule has 0 radical (unpaired) electrons. The summed E-state index contributed by atoms with van der Waals surface area (Å²) in [4.78, 5) is 18.3. The number of likely N-dealkylation sites (tertiary alicyclic amines) is 1. The number of rotatable bonds is 10. The molecule has 212 valence electrons. The van der Waals surface area contributed by atoms with Crippen LogP contribution >= 0.6 is 0 Å². The summed E-state index contributed by atoms with van der Waals surface area (Å²) < 4.78 is 38.5. The standard InChI is InChI=1S/C31H41F2N3O3/c1-21(15-23-8-10-25(32)17-28(23)33)18-36(31(37)24-9-13-29(38-2)30(16-24)39-3)20-27-5-4-14-35(27)19-22-6-11-26(34)12-7-22/h8-10,13,15-17,22,26-27H,4-7,11-12,14,18-20,34H2,1-3H3/b21-15+/t22-,26-,27-/m0/s1. The lowest BCUT2D eigenvalue weighted by Crippen LogP contribution is -2.45. The lowest BCUT2D eigenvalue weighted by Gasteiger charge is -2.35. The second-order valence-electron chi connectivity index (χ2n) is 11.0. The van der Waals surface area contributed by atoms with Crippen molar-refractivity contribution in [2.45, 2.75) is 57.5 Å². The number of amides is 1. The van der Waals surface area contributed by atoms with Gasteiger partial charge in [0.2, 0.25) is 0 Å². The monoisotopic (exact) mass is 541 g/mol. The van der Waals surface area contributed by atoms with E-state index >= 15 is 0 Å². The molecule has 2 fully saturated rings. The van der Waals surface area contributed by atoms with Crippen LogP contribution in [0.3, 0.4) is 0 Å². The van der Waals surface area contributed by atoms with Crippen LogP contribution < -0.4 is 15.2 Å². The highest BCUT2D eigenvalue weighted by molar-refractivity contribution is 5.95. The molecular weight excluding hydrogens is 500 g/mol. The molecule has 0 bridgehead atoms. The van der Waals surface area contributed by atoms with E-state index in [2.05, 4.69) is 4.90 Å². The highest BCUT2D eigenvalue weighted by Crippen LogP contribution is 2.30. The molecule has 0 unspecified atom stereocenters. The van der Waals surface area contributed by atoms with Gasteiger partial charge in [-0.15, -0.1) is 0 Å². The van der Waals surface area contributed by atoms with Crippen molar-refractivity contribution in [1.29, 1.82) is 0 Å². The molecule has 1 amide bonds. The van der Waals surface area contributed by atoms with E-state index in [4.69, 9.17) is 15.2 Å². The molecule has 1 aliphatic heterocycles. The summed E-state index contributed by atoms with van der Waals surface area (Å²) >= 11 is 0. The van der Waals surface area contributed by atoms with E-state index in [9.17, 15) is 13.6 Å². The number of benzene rings is 2. The number of halogens is 2. The SMILES string of the molecule is COc1ccc(C(=O)N(C/C(C)=C/c2ccc(F)cc2F)C[C@@H]2CCCN2C[C@H]2CC[C@H](N)CC2)cc1OC. The normalized spacial score (nSPS) is 22.1. The Morgan fingerprint density at radius 3 is 2.49 bits per heavy atom. The van der Waals surface area contributed by atoms with Crippen molar-refractivity contribution >= 4 is 12.0 Å². The van der Waals surface area contributed by atoms with Crippen molar-refractivity contribution in [3.63, 3.8) is 0 Å². The highest BCUT2D eigenvalue weighted by atomic mass is 19.1. The van der Waals surface area contributed by atoms with E-state index in [1.165, 1.54) is 12.1 Å². The summed E-state index contributed by atoms with van der Waals surface area (Å²) in [5.41, 5.74) is 7.72. The molecule has 8 heteroatoms. The molecule has 2 N–H and O–H groups in total. The largest absolute Gasteiger partial charge is 0.493 e. The fourth-order valence-corrected chi connectivity index (χ4v) is 5.90. The minimum absolute atomic E-state index is 0.126. The van der Waals surface area contributed by atoms with Crippen LogP contribution in [0.15, 0.2) is 42.0 Å². The number of ether oxygens (including phenoxy) is 2. The second kappa shape index (κ2) is 13.4. The number of hydrogen-bond donors (Lipinski definition) is 1. The van der Waals surface area contributed by atoms with Gasteiger partial charge in [-0.25, -0.2) is 8.78 Å². The lowest BCUT2D eigenvalue weighted by molar-refractivity contribution is 0.0708. The van der Waals surface area contributed by atoms with E-state index < -0.39 is 11.6 Å². The zero-order chi connectivity index (χ0) is 27.9. The Labute approximate surface area is 230 Å². The average molecular weight is 542 g/mol. The number of carbonyl (C=O) groups is 1. The van der Waals surface area contributed by atoms with Crippen LogP contribution in [-0.4, -0.2) is 68.2 Å². The Morgan fingerprint density at radius 1 is 1.05 bits per heavy atom. The van der Waals surface area contributed by atoms with Gasteiger partial charge in [0.1, 0.15) is 11.6 Å². The first-order chi connectivity index (χ1) is 18.8. The zero-order valence-corrected chi connectivity index (χ0v) is 23.3. The minimum atomic E-state index is -0.624. The van der Waals surface area contributed by atoms with Gasteiger partial charge in [-0.05, 0) is 88.2 Å². The van der Waals surface area contributed by atoms with Crippen LogP contribution in [-0.2, 0) is 0 Å². The van der Waals surface area contributed by atoms with Gasteiger partial charge in [0.15, 0.2) is 11.5 Å². The first kappa shape index (κ1) is 29.0. The third kappa shape index (κ3) is 7.57. The summed E-state index contributed by atoms with van der Waals surface area (Å²) in [7, 11) is 3.10. The van der Waals surface area contributed by atoms with Gasteiger partial charge in [0, 0.05) is 48.9 Å². The van der Waals surface area contributed by atoms with Crippen molar-refractivity contribution in [1.82, 2.24) is 9.80 Å². The molecule has 1 atom stereocenters. The average Bonchev–Trinajstić information content (AvgIpc) is 3.36. The van der Waals surface area contributed by atoms with Crippen LogP contribution in [0.5, 0.6) is 11.5 Å². The maximum Gasteiger partial charge on any atom is 0.254 e. The summed E-state index contributed by atoms with van der Waals surface area (Å²) in [5, 5.41) is 0. The molecular formula is C31H41F2N3O3. The van der Waals surface area contributed by atoms with Crippen molar-refractivity contribution < 1.29 is 23.0 Å². The molecule has 1 aliphatic carbocycles. The Balaban J connectivity index is 1.55. The van der Waals surface area contributed by atoms with Gasteiger partial charge in [0.05, 0.1) is 14.2 Å². The Bertz CT molecular complexity index is 1160. The van der Waals surface area contributed by atoms with Crippen LogP contribution in [0.4, 0.5) is 8.78 Å². The van der Waals surface area contributed by atoms with Gasteiger partial charge in [-0.1, -0.05) is 11.6 Å². The van der Waals surface area contributed by atoms with Crippen molar-refractivity contribution in [3.8, 4) is 11.5 Å². The van der Waals surface area contributed by atoms with Gasteiger partial charge in [0.25, 0.3) is 5.91 Å². The molecule has 6 nitrogen and oxygen atoms in total. The summed E-state index contributed by atoms with van der Waals surface area (Å²) in [6.45, 7) is 4.82. The molecule has 0 spiro atoms. The van der Waals surface area contributed by atoms with Crippen LogP contribution in [0.2, 0.25) is 0 Å². The molecule has 1 saturated heterocycles. The van der Waals surface area contributed by atoms with E-state index in [1.807, 2.05) is 11.8 Å². The third-order valence-electron chi connectivity index (χ3n) is 8.04. The van der Waals surface area contributed by atoms with E-state index in [0.717, 1.165) is 63.3 Å². The quantitative estimate of drug-likeness (QED) is 0.430. The van der Waals surface area contributed by atoms with Crippen molar-refractivity contribution in [2.24, 2.45) is 11.7 Å². The topological polar surface area (TPSA) is 68.0 Å². The lowest BCUT2D eigenvalue weighted by atomic mass is 9.86. The van der Waals surface area contributed by atoms with E-state index in [0.29, 0.717) is 47.7 Å². The summed E-state index contributed by atoms with van der Waals surface area (Å²) in [5.74, 6) is 0.317. The first-order valence-corrected chi connectivity index (χ1v) is 13.9. The molecule has 39 heavy (non-hydrogen) atoms. The van der Waals surface area contributed by atoms with Gasteiger partial charge in [-0.3, -0.25) is 9.69 Å². The molecule has 1 saturated carbocycles. The van der Waals surface area contributed by atoms with Gasteiger partial charge < -0.3 is 20.1 Å². The summed E-state index contributed by atoms with van der Waals surface area (Å²) in [6, 6.07) is 9.28. The number of hydrogen-bond acceptors (Lipinski definition) is 5. The van der Waals surface area contributed by atoms with Crippen LogP contribution in [0, 0.1) is 17.6 Å². The third-order valence-corrected chi connectivity index (χ3v) is 8.04. The summed E-state index contributed by atoms with van der Waals surface area (Å²) in [6.07, 6.45) is 8.28. The zero-order valence-electron chi connectivity index (χ0n) is 23.3. The highest BCUT2D eigenvalue weighted by Gasteiger charge is 2.31. The van der Waals surface area contributed by atoms with Gasteiger partial charge in [-0.2, -0.15) is 0 Å². The molecule has 4 rings (SSSR count). The van der Waals surface area contributed by atoms with Crippen molar-refractivity contribution in [3.05, 3.63) is 64.7 Å². The predicted octanol–water partition coefficient (Wildman–Crippen LogP) is 5.51. The van der Waals surface area contributed by atoms with E-state index in [-0.39, 0.29) is 11.9 Å². The second-order valence-corrected chi connectivity index (χ2v) is 11.0. The van der Waals surface area contributed by atoms with Crippen molar-refractivity contribution in [2.75, 3.05) is 40.4 Å². The van der Waals surface area contributed by atoms with Crippen LogP contribution in [0.25, 0.3) is 6.08 Å². The first-order valence-electron chi connectivity index (χ1n) is 13.9. The van der Waals surface area contributed by atoms with Gasteiger partial charge >= 0.3 is 0 Å². The number of carbonyl (C=O) groups excluding carboxylic acids is 1. The number of nitrogens with zero attached hydrogens (tertiary/aromatic N) is 2. The maximum absolute atomic E-state index is 14.3. The molecule has 2 aromatic rings. The number of nitrogens with two attached hydrogens (primary N) is 1. The fraction of sp³-hybridized carbons (Fsp3) is 0.516. The molecule has 0 aromatic heterocycles. The molecule has 1 heterocycles. The predicted molar refractivity (Wildman–Crippen MR) is 150 cm³/mol. The fourth-order valence-electron chi connectivity index (χ4n) is 5.90. The van der Waals surface area contributed by atoms with E-state index in [1.54, 1.807) is 38.5 Å². The Hall–Kier alpha value is -2.97. The number of methoxy groups -OCH3 is 2. The van der Waals surface area contributed by atoms with Crippen LogP contribution in [0.1, 0.15) is 61.4 Å². The smallest absolute Gasteiger partial charge is 0.254 e. The minimum Gasteiger partial charge on any atom is -0.493 e. The Kier molecular flexibility index (Phi) is 9.97. The molecule has 2 aliphatic rings. The molecule has 2 aromatic carbocycles.